The number of alkyl halides is 3. The number of esters is 1. The number of ether oxygens (including phenoxy) is 1. The number of nitrogens with zero attached hydrogens (tertiary/aromatic N) is 2. The first-order valence-corrected chi connectivity index (χ1v) is 4.75. The van der Waals surface area contributed by atoms with Gasteiger partial charge in [-0.3, -0.25) is 4.79 Å². The van der Waals surface area contributed by atoms with E-state index in [-0.39, 0.29) is 13.1 Å². The van der Waals surface area contributed by atoms with Gasteiger partial charge in [-0.1, -0.05) is 0 Å². The molecule has 0 unspecified atom stereocenters. The number of carbonyl (C=O) groups excluding carboxylic acids is 1. The summed E-state index contributed by atoms with van der Waals surface area (Å²) in [5.41, 5.74) is 0.353. The second kappa shape index (κ2) is 5.67. The highest BCUT2D eigenvalue weighted by Crippen LogP contribution is 2.18. The summed E-state index contributed by atoms with van der Waals surface area (Å²) in [6, 6.07) is 0. The van der Waals surface area contributed by atoms with E-state index < -0.39 is 18.7 Å². The summed E-state index contributed by atoms with van der Waals surface area (Å²) in [5, 5.41) is 2.66. The lowest BCUT2D eigenvalue weighted by molar-refractivity contribution is -0.141. The molecule has 0 aromatic carbocycles. The molecule has 0 aliphatic carbocycles. The Bertz CT molecular complexity index is 376. The first kappa shape index (κ1) is 13.5. The summed E-state index contributed by atoms with van der Waals surface area (Å²) in [5.74, 6) is -0.480. The highest BCUT2D eigenvalue weighted by atomic mass is 19.4. The summed E-state index contributed by atoms with van der Waals surface area (Å²) in [6.07, 6.45) is -1.88. The van der Waals surface area contributed by atoms with Gasteiger partial charge in [0.05, 0.1) is 25.7 Å². The van der Waals surface area contributed by atoms with Gasteiger partial charge in [0, 0.05) is 12.7 Å². The molecule has 1 aromatic rings. The SMILES string of the molecule is COC(=O)CNCc1cncn1CC(F)(F)F. The van der Waals surface area contributed by atoms with Crippen molar-refractivity contribution in [2.45, 2.75) is 19.3 Å². The lowest BCUT2D eigenvalue weighted by Gasteiger charge is -2.11. The van der Waals surface area contributed by atoms with Crippen molar-refractivity contribution >= 4 is 5.97 Å². The van der Waals surface area contributed by atoms with Crippen LogP contribution in [0.3, 0.4) is 0 Å². The Balaban J connectivity index is 2.49. The molecule has 0 atom stereocenters. The lowest BCUT2D eigenvalue weighted by atomic mass is 10.4. The molecular formula is C9H12F3N3O2. The fourth-order valence-electron chi connectivity index (χ4n) is 1.20. The molecule has 0 bridgehead atoms. The van der Waals surface area contributed by atoms with Gasteiger partial charge < -0.3 is 14.6 Å². The van der Waals surface area contributed by atoms with Gasteiger partial charge in [-0.2, -0.15) is 13.2 Å². The number of hydrogen-bond acceptors (Lipinski definition) is 4. The molecule has 0 amide bonds. The number of rotatable bonds is 5. The molecular weight excluding hydrogens is 239 g/mol. The van der Waals surface area contributed by atoms with Gasteiger partial charge >= 0.3 is 12.1 Å². The Labute approximate surface area is 95.6 Å². The maximum atomic E-state index is 12.2. The number of hydrogen-bond donors (Lipinski definition) is 1. The normalized spacial score (nSPS) is 11.5. The fraction of sp³-hybridized carbons (Fsp3) is 0.556. The Morgan fingerprint density at radius 3 is 2.88 bits per heavy atom. The molecule has 0 aliphatic rings. The average molecular weight is 251 g/mol. The summed E-state index contributed by atoms with van der Waals surface area (Å²) in [4.78, 5) is 14.4. The van der Waals surface area contributed by atoms with E-state index in [1.54, 1.807) is 0 Å². The van der Waals surface area contributed by atoms with Gasteiger partial charge in [-0.15, -0.1) is 0 Å². The summed E-state index contributed by atoms with van der Waals surface area (Å²) in [7, 11) is 1.23. The largest absolute Gasteiger partial charge is 0.468 e. The summed E-state index contributed by atoms with van der Waals surface area (Å²) < 4.78 is 41.8. The number of halogens is 3. The second-order valence-electron chi connectivity index (χ2n) is 3.31. The van der Waals surface area contributed by atoms with Crippen LogP contribution in [-0.2, 0) is 22.6 Å². The molecule has 0 fully saturated rings. The Morgan fingerprint density at radius 1 is 1.59 bits per heavy atom. The third kappa shape index (κ3) is 4.85. The van der Waals surface area contributed by atoms with Crippen LogP contribution in [0.4, 0.5) is 13.2 Å². The van der Waals surface area contributed by atoms with Crippen molar-refractivity contribution in [1.82, 2.24) is 14.9 Å². The van der Waals surface area contributed by atoms with E-state index in [0.717, 1.165) is 10.9 Å². The molecule has 1 N–H and O–H groups in total. The second-order valence-corrected chi connectivity index (χ2v) is 3.31. The quantitative estimate of drug-likeness (QED) is 0.783. The van der Waals surface area contributed by atoms with Crippen LogP contribution in [0.2, 0.25) is 0 Å². The van der Waals surface area contributed by atoms with Crippen molar-refractivity contribution in [2.24, 2.45) is 0 Å². The molecule has 96 valence electrons. The fourth-order valence-corrected chi connectivity index (χ4v) is 1.20. The van der Waals surface area contributed by atoms with Gasteiger partial charge in [0.15, 0.2) is 0 Å². The highest BCUT2D eigenvalue weighted by molar-refractivity contribution is 5.71. The zero-order chi connectivity index (χ0) is 12.9. The van der Waals surface area contributed by atoms with Crippen molar-refractivity contribution in [1.29, 1.82) is 0 Å². The van der Waals surface area contributed by atoms with E-state index in [4.69, 9.17) is 0 Å². The van der Waals surface area contributed by atoms with Crippen LogP contribution in [0.1, 0.15) is 5.69 Å². The van der Waals surface area contributed by atoms with Crippen molar-refractivity contribution in [3.8, 4) is 0 Å². The molecule has 0 aliphatic heterocycles. The van der Waals surface area contributed by atoms with Crippen molar-refractivity contribution in [3.63, 3.8) is 0 Å². The monoisotopic (exact) mass is 251 g/mol. The molecule has 0 spiro atoms. The zero-order valence-electron chi connectivity index (χ0n) is 9.12. The number of imidazole rings is 1. The highest BCUT2D eigenvalue weighted by Gasteiger charge is 2.28. The van der Waals surface area contributed by atoms with E-state index in [0.29, 0.717) is 5.69 Å². The van der Waals surface area contributed by atoms with Gasteiger partial charge in [0.1, 0.15) is 6.54 Å². The number of carbonyl (C=O) groups is 1. The predicted molar refractivity (Wildman–Crippen MR) is 52.0 cm³/mol. The van der Waals surface area contributed by atoms with E-state index in [1.165, 1.54) is 13.3 Å². The maximum absolute atomic E-state index is 12.2. The van der Waals surface area contributed by atoms with Crippen LogP contribution in [0.25, 0.3) is 0 Å². The third-order valence-electron chi connectivity index (χ3n) is 1.95. The topological polar surface area (TPSA) is 56.1 Å². The van der Waals surface area contributed by atoms with Crippen LogP contribution in [0, 0.1) is 0 Å². The van der Waals surface area contributed by atoms with E-state index in [9.17, 15) is 18.0 Å². The molecule has 0 radical (unpaired) electrons. The maximum Gasteiger partial charge on any atom is 0.406 e. The van der Waals surface area contributed by atoms with Crippen molar-refractivity contribution in [2.75, 3.05) is 13.7 Å². The predicted octanol–water partition coefficient (Wildman–Crippen LogP) is 0.708. The number of aromatic nitrogens is 2. The van der Waals surface area contributed by atoms with E-state index in [1.807, 2.05) is 0 Å². The Hall–Kier alpha value is -1.57. The van der Waals surface area contributed by atoms with Gasteiger partial charge in [0.25, 0.3) is 0 Å². The smallest absolute Gasteiger partial charge is 0.406 e. The standard InChI is InChI=1S/C9H12F3N3O2/c1-17-8(16)4-13-2-7-3-14-6-15(7)5-9(10,11)12/h3,6,13H,2,4-5H2,1H3. The average Bonchev–Trinajstić information content (AvgIpc) is 2.63. The summed E-state index contributed by atoms with van der Waals surface area (Å²) >= 11 is 0. The minimum absolute atomic E-state index is 0.0618. The van der Waals surface area contributed by atoms with Crippen LogP contribution >= 0.6 is 0 Å². The molecule has 5 nitrogen and oxygen atoms in total. The zero-order valence-corrected chi connectivity index (χ0v) is 9.12. The first-order chi connectivity index (χ1) is 7.92. The van der Waals surface area contributed by atoms with Crippen molar-refractivity contribution in [3.05, 3.63) is 18.2 Å². The van der Waals surface area contributed by atoms with Crippen LogP contribution < -0.4 is 5.32 Å². The molecule has 8 heteroatoms. The van der Waals surface area contributed by atoms with Crippen molar-refractivity contribution < 1.29 is 22.7 Å². The third-order valence-corrected chi connectivity index (χ3v) is 1.95. The van der Waals surface area contributed by atoms with Crippen LogP contribution in [0.15, 0.2) is 12.5 Å². The van der Waals surface area contributed by atoms with Gasteiger partial charge in [0.2, 0.25) is 0 Å². The molecule has 1 rings (SSSR count). The molecule has 0 saturated heterocycles. The van der Waals surface area contributed by atoms with Gasteiger partial charge in [-0.25, -0.2) is 4.98 Å². The van der Waals surface area contributed by atoms with Crippen LogP contribution in [0.5, 0.6) is 0 Å². The molecule has 0 saturated carbocycles. The Kier molecular flexibility index (Phi) is 4.50. The molecule has 17 heavy (non-hydrogen) atoms. The number of methoxy groups -OCH3 is 1. The minimum Gasteiger partial charge on any atom is -0.468 e. The molecule has 1 aromatic heterocycles. The van der Waals surface area contributed by atoms with E-state index in [2.05, 4.69) is 15.0 Å². The summed E-state index contributed by atoms with van der Waals surface area (Å²) in [6.45, 7) is -1.04. The number of nitrogens with one attached hydrogen (secondary N) is 1. The van der Waals surface area contributed by atoms with E-state index >= 15 is 0 Å². The van der Waals surface area contributed by atoms with Crippen LogP contribution in [-0.4, -0.2) is 35.4 Å². The molecule has 1 heterocycles. The minimum atomic E-state index is -4.29. The first-order valence-electron chi connectivity index (χ1n) is 4.75. The Morgan fingerprint density at radius 2 is 2.29 bits per heavy atom. The lowest BCUT2D eigenvalue weighted by Crippen LogP contribution is -2.26. The van der Waals surface area contributed by atoms with Gasteiger partial charge in [-0.05, 0) is 0 Å².